The van der Waals surface area contributed by atoms with Crippen molar-refractivity contribution in [2.75, 3.05) is 29.9 Å². The van der Waals surface area contributed by atoms with Crippen molar-refractivity contribution in [3.63, 3.8) is 0 Å². The second kappa shape index (κ2) is 8.55. The fourth-order valence-electron chi connectivity index (χ4n) is 4.11. The number of nitro benzene ring substituents is 1. The van der Waals surface area contributed by atoms with E-state index in [0.717, 1.165) is 36.5 Å². The average Bonchev–Trinajstić information content (AvgIpc) is 2.95. The van der Waals surface area contributed by atoms with Crippen molar-refractivity contribution in [1.82, 2.24) is 4.90 Å². The maximum Gasteiger partial charge on any atom is 0.282 e. The molecule has 2 aromatic rings. The zero-order valence-corrected chi connectivity index (χ0v) is 16.9. The molecular weight excluding hydrogens is 400 g/mol. The summed E-state index contributed by atoms with van der Waals surface area (Å²) in [6.07, 6.45) is 4.51. The number of hydrogen-bond acceptors (Lipinski definition) is 6. The number of nitro groups is 1. The molecule has 0 atom stereocenters. The first-order chi connectivity index (χ1) is 15.0. The number of rotatable bonds is 5. The van der Waals surface area contributed by atoms with E-state index >= 15 is 0 Å². The number of benzene rings is 2. The molecule has 31 heavy (non-hydrogen) atoms. The Morgan fingerprint density at radius 3 is 2.39 bits per heavy atom. The lowest BCUT2D eigenvalue weighted by Gasteiger charge is -2.25. The molecule has 2 heterocycles. The average molecular weight is 422 g/mol. The van der Waals surface area contributed by atoms with E-state index in [2.05, 4.69) is 10.2 Å². The second-order valence-electron chi connectivity index (χ2n) is 7.62. The highest BCUT2D eigenvalue weighted by Crippen LogP contribution is 2.31. The van der Waals surface area contributed by atoms with Crippen molar-refractivity contribution >= 4 is 34.8 Å². The van der Waals surface area contributed by atoms with Crippen LogP contribution >= 0.6 is 0 Å². The third kappa shape index (κ3) is 3.98. The number of carbonyl (C=O) groups is 3. The first-order valence-corrected chi connectivity index (χ1v) is 10.2. The SMILES string of the molecule is O=C(CN1C(=O)c2cccc([N+](=O)[O-])c2C1=O)Nc1ccccc1N1CCCCCC1. The number of carbonyl (C=O) groups excluding carboxylic acids is 3. The zero-order valence-electron chi connectivity index (χ0n) is 16.9. The molecule has 9 nitrogen and oxygen atoms in total. The summed E-state index contributed by atoms with van der Waals surface area (Å²) in [7, 11) is 0. The summed E-state index contributed by atoms with van der Waals surface area (Å²) in [5.74, 6) is -2.08. The van der Waals surface area contributed by atoms with E-state index < -0.39 is 34.9 Å². The van der Waals surface area contributed by atoms with Crippen molar-refractivity contribution in [2.24, 2.45) is 0 Å². The smallest absolute Gasteiger partial charge is 0.282 e. The number of anilines is 2. The van der Waals surface area contributed by atoms with Crippen LogP contribution in [0.3, 0.4) is 0 Å². The topological polar surface area (TPSA) is 113 Å². The number of imide groups is 1. The van der Waals surface area contributed by atoms with Crippen molar-refractivity contribution in [3.8, 4) is 0 Å². The Labute approximate surface area is 178 Å². The third-order valence-electron chi connectivity index (χ3n) is 5.60. The van der Waals surface area contributed by atoms with Crippen molar-refractivity contribution in [3.05, 3.63) is 63.7 Å². The Bertz CT molecular complexity index is 1060. The van der Waals surface area contributed by atoms with Crippen LogP contribution in [0.15, 0.2) is 42.5 Å². The molecule has 0 bridgehead atoms. The molecule has 1 N–H and O–H groups in total. The van der Waals surface area contributed by atoms with Crippen LogP contribution < -0.4 is 10.2 Å². The van der Waals surface area contributed by atoms with E-state index in [1.165, 1.54) is 31.0 Å². The van der Waals surface area contributed by atoms with Gasteiger partial charge < -0.3 is 10.2 Å². The predicted octanol–water partition coefficient (Wildman–Crippen LogP) is 3.21. The van der Waals surface area contributed by atoms with E-state index in [9.17, 15) is 24.5 Å². The van der Waals surface area contributed by atoms with Crippen LogP contribution in [0.4, 0.5) is 17.1 Å². The molecule has 0 aliphatic carbocycles. The van der Waals surface area contributed by atoms with Gasteiger partial charge in [-0.1, -0.05) is 31.0 Å². The number of hydrogen-bond donors (Lipinski definition) is 1. The van der Waals surface area contributed by atoms with E-state index in [-0.39, 0.29) is 11.1 Å². The van der Waals surface area contributed by atoms with Gasteiger partial charge in [-0.05, 0) is 31.0 Å². The van der Waals surface area contributed by atoms with Gasteiger partial charge in [-0.25, -0.2) is 0 Å². The fraction of sp³-hybridized carbons (Fsp3) is 0.318. The molecule has 0 spiro atoms. The first-order valence-electron chi connectivity index (χ1n) is 10.2. The van der Waals surface area contributed by atoms with Gasteiger partial charge in [0.25, 0.3) is 17.5 Å². The van der Waals surface area contributed by atoms with E-state index in [0.29, 0.717) is 5.69 Å². The molecule has 1 fully saturated rings. The molecule has 2 aliphatic rings. The van der Waals surface area contributed by atoms with Crippen LogP contribution in [-0.4, -0.2) is 47.2 Å². The molecular formula is C22H22N4O5. The fourth-order valence-corrected chi connectivity index (χ4v) is 4.11. The van der Waals surface area contributed by atoms with E-state index in [1.54, 1.807) is 6.07 Å². The van der Waals surface area contributed by atoms with Gasteiger partial charge in [0.15, 0.2) is 0 Å². The van der Waals surface area contributed by atoms with Gasteiger partial charge in [-0.3, -0.25) is 29.4 Å². The third-order valence-corrected chi connectivity index (χ3v) is 5.60. The molecule has 0 aromatic heterocycles. The van der Waals surface area contributed by atoms with Gasteiger partial charge in [-0.15, -0.1) is 0 Å². The summed E-state index contributed by atoms with van der Waals surface area (Å²) in [6, 6.07) is 11.3. The summed E-state index contributed by atoms with van der Waals surface area (Å²) in [6.45, 7) is 1.28. The number of nitrogens with one attached hydrogen (secondary N) is 1. The van der Waals surface area contributed by atoms with Gasteiger partial charge in [-0.2, -0.15) is 0 Å². The Kier molecular flexibility index (Phi) is 5.66. The van der Waals surface area contributed by atoms with Crippen molar-refractivity contribution < 1.29 is 19.3 Å². The van der Waals surface area contributed by atoms with E-state index in [4.69, 9.17) is 0 Å². The highest BCUT2D eigenvalue weighted by atomic mass is 16.6. The number of nitrogens with zero attached hydrogens (tertiary/aromatic N) is 3. The maximum atomic E-state index is 12.7. The van der Waals surface area contributed by atoms with Gasteiger partial charge in [0, 0.05) is 19.2 Å². The molecule has 160 valence electrons. The highest BCUT2D eigenvalue weighted by Gasteiger charge is 2.41. The minimum Gasteiger partial charge on any atom is -0.370 e. The minimum absolute atomic E-state index is 0.0584. The van der Waals surface area contributed by atoms with Crippen LogP contribution in [0.5, 0.6) is 0 Å². The molecule has 4 rings (SSSR count). The maximum absolute atomic E-state index is 12.7. The molecule has 1 saturated heterocycles. The minimum atomic E-state index is -0.830. The highest BCUT2D eigenvalue weighted by molar-refractivity contribution is 6.24. The lowest BCUT2D eigenvalue weighted by molar-refractivity contribution is -0.385. The van der Waals surface area contributed by atoms with Crippen LogP contribution in [0.25, 0.3) is 0 Å². The number of para-hydroxylation sites is 2. The van der Waals surface area contributed by atoms with Gasteiger partial charge in [0.05, 0.1) is 21.9 Å². The van der Waals surface area contributed by atoms with Crippen LogP contribution in [0.1, 0.15) is 46.4 Å². The largest absolute Gasteiger partial charge is 0.370 e. The summed E-state index contributed by atoms with van der Waals surface area (Å²) in [5.41, 5.74) is 0.741. The summed E-state index contributed by atoms with van der Waals surface area (Å²) >= 11 is 0. The van der Waals surface area contributed by atoms with Crippen LogP contribution in [0.2, 0.25) is 0 Å². The predicted molar refractivity (Wildman–Crippen MR) is 114 cm³/mol. The van der Waals surface area contributed by atoms with Crippen LogP contribution in [0, 0.1) is 10.1 Å². The molecule has 0 unspecified atom stereocenters. The lowest BCUT2D eigenvalue weighted by Crippen LogP contribution is -2.37. The summed E-state index contributed by atoms with van der Waals surface area (Å²) < 4.78 is 0. The summed E-state index contributed by atoms with van der Waals surface area (Å²) in [5, 5.41) is 14.0. The van der Waals surface area contributed by atoms with Gasteiger partial charge in [0.2, 0.25) is 5.91 Å². The molecule has 2 aromatic carbocycles. The van der Waals surface area contributed by atoms with Gasteiger partial charge >= 0.3 is 0 Å². The monoisotopic (exact) mass is 422 g/mol. The Morgan fingerprint density at radius 2 is 1.68 bits per heavy atom. The normalized spacial score (nSPS) is 16.1. The quantitative estimate of drug-likeness (QED) is 0.450. The lowest BCUT2D eigenvalue weighted by atomic mass is 10.1. The van der Waals surface area contributed by atoms with Crippen molar-refractivity contribution in [2.45, 2.75) is 25.7 Å². The second-order valence-corrected chi connectivity index (χ2v) is 7.62. The Morgan fingerprint density at radius 1 is 0.968 bits per heavy atom. The zero-order chi connectivity index (χ0) is 22.0. The molecule has 0 radical (unpaired) electrons. The van der Waals surface area contributed by atoms with Gasteiger partial charge in [0.1, 0.15) is 12.1 Å². The Balaban J connectivity index is 1.51. The molecule has 2 aliphatic heterocycles. The van der Waals surface area contributed by atoms with Crippen LogP contribution in [-0.2, 0) is 4.79 Å². The number of amides is 3. The van der Waals surface area contributed by atoms with Crippen molar-refractivity contribution in [1.29, 1.82) is 0 Å². The Hall–Kier alpha value is -3.75. The molecule has 9 heteroatoms. The molecule has 0 saturated carbocycles. The standard InChI is InChI=1S/C22H22N4O5/c27-19(23-16-9-3-4-10-17(16)24-12-5-1-2-6-13-24)14-25-21(28)15-8-7-11-18(26(30)31)20(15)22(25)29/h3-4,7-11H,1-2,5-6,12-14H2,(H,23,27). The summed E-state index contributed by atoms with van der Waals surface area (Å²) in [4.78, 5) is 51.5. The number of fused-ring (bicyclic) bond motifs is 1. The molecule has 3 amide bonds. The first kappa shape index (κ1) is 20.5. The van der Waals surface area contributed by atoms with E-state index in [1.807, 2.05) is 18.2 Å².